The zero-order valence-corrected chi connectivity index (χ0v) is 10.1. The van der Waals surface area contributed by atoms with Crippen LogP contribution in [-0.4, -0.2) is 10.8 Å². The van der Waals surface area contributed by atoms with Gasteiger partial charge in [0.2, 0.25) is 5.91 Å². The standard InChI is InChI=1S/C16H15NO/c18-16-11-15(14-9-5-2-6-10-14)17(16)12-13-7-3-1-4-8-13/h1-10,15H,11-12H2. The SMILES string of the molecule is O=C1CC(c2ccccc2)N1Cc1ccccc1. The molecule has 3 rings (SSSR count). The van der Waals surface area contributed by atoms with Crippen molar-refractivity contribution in [1.29, 1.82) is 0 Å². The zero-order chi connectivity index (χ0) is 12.4. The van der Waals surface area contributed by atoms with Gasteiger partial charge in [-0.2, -0.15) is 0 Å². The Labute approximate surface area is 107 Å². The lowest BCUT2D eigenvalue weighted by atomic mass is 9.93. The third-order valence-electron chi connectivity index (χ3n) is 3.44. The van der Waals surface area contributed by atoms with Crippen LogP contribution in [0.5, 0.6) is 0 Å². The van der Waals surface area contributed by atoms with Crippen molar-refractivity contribution >= 4 is 5.91 Å². The van der Waals surface area contributed by atoms with E-state index in [2.05, 4.69) is 24.3 Å². The Morgan fingerprint density at radius 1 is 0.944 bits per heavy atom. The molecule has 1 unspecified atom stereocenters. The van der Waals surface area contributed by atoms with Crippen molar-refractivity contribution in [3.63, 3.8) is 0 Å². The lowest BCUT2D eigenvalue weighted by Gasteiger charge is -2.41. The number of carbonyl (C=O) groups is 1. The predicted molar refractivity (Wildman–Crippen MR) is 70.8 cm³/mol. The van der Waals surface area contributed by atoms with Crippen LogP contribution in [0.15, 0.2) is 60.7 Å². The molecule has 0 aliphatic carbocycles. The van der Waals surface area contributed by atoms with Crippen LogP contribution in [0.2, 0.25) is 0 Å². The molecule has 2 aromatic rings. The lowest BCUT2D eigenvalue weighted by Crippen LogP contribution is -2.45. The van der Waals surface area contributed by atoms with Crippen molar-refractivity contribution in [3.8, 4) is 0 Å². The monoisotopic (exact) mass is 237 g/mol. The van der Waals surface area contributed by atoms with E-state index in [1.165, 1.54) is 11.1 Å². The first-order chi connectivity index (χ1) is 8.84. The second-order valence-corrected chi connectivity index (χ2v) is 4.64. The smallest absolute Gasteiger partial charge is 0.225 e. The molecule has 1 fully saturated rings. The largest absolute Gasteiger partial charge is 0.331 e. The number of hydrogen-bond donors (Lipinski definition) is 0. The maximum Gasteiger partial charge on any atom is 0.225 e. The molecule has 1 saturated heterocycles. The van der Waals surface area contributed by atoms with E-state index in [4.69, 9.17) is 0 Å². The van der Waals surface area contributed by atoms with Gasteiger partial charge in [0.15, 0.2) is 0 Å². The second kappa shape index (κ2) is 4.65. The Hall–Kier alpha value is -2.09. The minimum atomic E-state index is 0.243. The predicted octanol–water partition coefficient (Wildman–Crippen LogP) is 3.16. The van der Waals surface area contributed by atoms with Gasteiger partial charge < -0.3 is 4.90 Å². The van der Waals surface area contributed by atoms with Crippen molar-refractivity contribution in [2.75, 3.05) is 0 Å². The Morgan fingerprint density at radius 3 is 2.17 bits per heavy atom. The van der Waals surface area contributed by atoms with E-state index < -0.39 is 0 Å². The van der Waals surface area contributed by atoms with Crippen LogP contribution in [0, 0.1) is 0 Å². The van der Waals surface area contributed by atoms with E-state index in [9.17, 15) is 4.79 Å². The number of β-lactam (4-membered cyclic amide) rings is 1. The van der Waals surface area contributed by atoms with Crippen LogP contribution >= 0.6 is 0 Å². The molecule has 1 atom stereocenters. The number of rotatable bonds is 3. The molecule has 2 heteroatoms. The third-order valence-corrected chi connectivity index (χ3v) is 3.44. The highest BCUT2D eigenvalue weighted by Gasteiger charge is 2.36. The average molecular weight is 237 g/mol. The number of benzene rings is 2. The molecule has 1 heterocycles. The van der Waals surface area contributed by atoms with Crippen molar-refractivity contribution < 1.29 is 4.79 Å². The van der Waals surface area contributed by atoms with Crippen LogP contribution in [0.1, 0.15) is 23.6 Å². The molecule has 1 aliphatic rings. The minimum absolute atomic E-state index is 0.243. The van der Waals surface area contributed by atoms with Crippen LogP contribution in [0.25, 0.3) is 0 Å². The molecular formula is C16H15NO. The number of likely N-dealkylation sites (tertiary alicyclic amines) is 1. The van der Waals surface area contributed by atoms with Crippen LogP contribution in [0.4, 0.5) is 0 Å². The van der Waals surface area contributed by atoms with Gasteiger partial charge in [0.1, 0.15) is 0 Å². The normalized spacial score (nSPS) is 18.6. The van der Waals surface area contributed by atoms with Crippen LogP contribution < -0.4 is 0 Å². The molecule has 1 aliphatic heterocycles. The highest BCUT2D eigenvalue weighted by atomic mass is 16.2. The molecule has 0 bridgehead atoms. The van der Waals surface area contributed by atoms with E-state index in [0.29, 0.717) is 13.0 Å². The maximum absolute atomic E-state index is 11.7. The highest BCUT2D eigenvalue weighted by molar-refractivity contribution is 5.83. The molecule has 0 N–H and O–H groups in total. The van der Waals surface area contributed by atoms with Gasteiger partial charge in [-0.3, -0.25) is 4.79 Å². The van der Waals surface area contributed by atoms with Gasteiger partial charge in [-0.05, 0) is 11.1 Å². The summed E-state index contributed by atoms with van der Waals surface area (Å²) in [7, 11) is 0. The quantitative estimate of drug-likeness (QED) is 0.751. The molecule has 2 aromatic carbocycles. The first-order valence-corrected chi connectivity index (χ1v) is 6.23. The van der Waals surface area contributed by atoms with E-state index in [1.807, 2.05) is 41.3 Å². The van der Waals surface area contributed by atoms with Gasteiger partial charge in [0.25, 0.3) is 0 Å². The molecule has 0 saturated carbocycles. The second-order valence-electron chi connectivity index (χ2n) is 4.64. The third kappa shape index (κ3) is 2.02. The van der Waals surface area contributed by atoms with Gasteiger partial charge in [0.05, 0.1) is 12.5 Å². The van der Waals surface area contributed by atoms with Gasteiger partial charge in [-0.15, -0.1) is 0 Å². The molecule has 0 spiro atoms. The fourth-order valence-electron chi connectivity index (χ4n) is 2.41. The molecular weight excluding hydrogens is 222 g/mol. The summed E-state index contributed by atoms with van der Waals surface area (Å²) in [6.07, 6.45) is 0.636. The van der Waals surface area contributed by atoms with Crippen LogP contribution in [0.3, 0.4) is 0 Å². The van der Waals surface area contributed by atoms with Crippen molar-refractivity contribution in [3.05, 3.63) is 71.8 Å². The van der Waals surface area contributed by atoms with Crippen molar-refractivity contribution in [1.82, 2.24) is 4.90 Å². The number of hydrogen-bond acceptors (Lipinski definition) is 1. The van der Waals surface area contributed by atoms with Gasteiger partial charge in [-0.1, -0.05) is 60.7 Å². The Morgan fingerprint density at radius 2 is 1.56 bits per heavy atom. The first kappa shape index (κ1) is 11.0. The molecule has 90 valence electrons. The van der Waals surface area contributed by atoms with E-state index in [0.717, 1.165) is 0 Å². The number of nitrogens with zero attached hydrogens (tertiary/aromatic N) is 1. The number of amides is 1. The summed E-state index contributed by atoms with van der Waals surface area (Å²) in [5.41, 5.74) is 2.42. The Kier molecular flexibility index (Phi) is 2.85. The van der Waals surface area contributed by atoms with Crippen LogP contribution in [-0.2, 0) is 11.3 Å². The zero-order valence-electron chi connectivity index (χ0n) is 10.1. The molecule has 1 amide bonds. The summed E-state index contributed by atoms with van der Waals surface area (Å²) in [5, 5.41) is 0. The van der Waals surface area contributed by atoms with Crippen molar-refractivity contribution in [2.24, 2.45) is 0 Å². The summed E-state index contributed by atoms with van der Waals surface area (Å²) >= 11 is 0. The molecule has 0 radical (unpaired) electrons. The Bertz CT molecular complexity index is 536. The van der Waals surface area contributed by atoms with E-state index in [-0.39, 0.29) is 11.9 Å². The topological polar surface area (TPSA) is 20.3 Å². The average Bonchev–Trinajstić information content (AvgIpc) is 2.44. The van der Waals surface area contributed by atoms with Gasteiger partial charge in [-0.25, -0.2) is 0 Å². The van der Waals surface area contributed by atoms with Gasteiger partial charge in [0, 0.05) is 6.54 Å². The summed E-state index contributed by atoms with van der Waals surface area (Å²) in [6.45, 7) is 0.708. The van der Waals surface area contributed by atoms with Crippen molar-refractivity contribution in [2.45, 2.75) is 19.0 Å². The van der Waals surface area contributed by atoms with Gasteiger partial charge >= 0.3 is 0 Å². The van der Waals surface area contributed by atoms with E-state index >= 15 is 0 Å². The summed E-state index contributed by atoms with van der Waals surface area (Å²) < 4.78 is 0. The lowest BCUT2D eigenvalue weighted by molar-refractivity contribution is -0.147. The highest BCUT2D eigenvalue weighted by Crippen LogP contribution is 2.35. The Balaban J connectivity index is 1.77. The maximum atomic E-state index is 11.7. The minimum Gasteiger partial charge on any atom is -0.331 e. The summed E-state index contributed by atoms with van der Waals surface area (Å²) in [4.78, 5) is 13.7. The fraction of sp³-hybridized carbons (Fsp3) is 0.188. The molecule has 2 nitrogen and oxygen atoms in total. The fourth-order valence-corrected chi connectivity index (χ4v) is 2.41. The summed E-state index contributed by atoms with van der Waals surface area (Å²) in [6, 6.07) is 20.6. The summed E-state index contributed by atoms with van der Waals surface area (Å²) in [5.74, 6) is 0.243. The molecule has 18 heavy (non-hydrogen) atoms. The molecule has 0 aromatic heterocycles. The van der Waals surface area contributed by atoms with E-state index in [1.54, 1.807) is 0 Å². The first-order valence-electron chi connectivity index (χ1n) is 6.23. The number of carbonyl (C=O) groups excluding carboxylic acids is 1.